The monoisotopic (exact) mass is 538 g/mol. The van der Waals surface area contributed by atoms with Gasteiger partial charge < -0.3 is 0 Å². The summed E-state index contributed by atoms with van der Waals surface area (Å²) in [5, 5.41) is 2.52. The molecule has 0 N–H and O–H groups in total. The maximum Gasteiger partial charge on any atom is 0.220 e. The SMILES string of the molecule is Cc1ccc(-c2cccc(-c3cc(-c4ccccc4)cc(-c4ccccc4)c3)c2)cc1-c1c2ccccc2cc[n+]1C. The summed E-state index contributed by atoms with van der Waals surface area (Å²) >= 11 is 0. The number of aromatic nitrogens is 1. The number of fused-ring (bicyclic) bond motifs is 1. The lowest BCUT2D eigenvalue weighted by Gasteiger charge is -2.13. The van der Waals surface area contributed by atoms with E-state index in [9.17, 15) is 0 Å². The molecular formula is C41H32N+. The maximum atomic E-state index is 2.35. The van der Waals surface area contributed by atoms with Gasteiger partial charge in [-0.05, 0) is 98.8 Å². The van der Waals surface area contributed by atoms with E-state index < -0.39 is 0 Å². The van der Waals surface area contributed by atoms with Gasteiger partial charge in [0.25, 0.3) is 0 Å². The minimum absolute atomic E-state index is 1.21. The Bertz CT molecular complexity index is 1980. The van der Waals surface area contributed by atoms with Crippen molar-refractivity contribution in [2.75, 3.05) is 0 Å². The minimum Gasteiger partial charge on any atom is -0.200 e. The molecule has 0 spiro atoms. The normalized spacial score (nSPS) is 11.1. The van der Waals surface area contributed by atoms with Gasteiger partial charge >= 0.3 is 0 Å². The number of hydrogen-bond donors (Lipinski definition) is 0. The van der Waals surface area contributed by atoms with Crippen LogP contribution in [0.5, 0.6) is 0 Å². The van der Waals surface area contributed by atoms with Gasteiger partial charge in [0.05, 0.1) is 10.9 Å². The molecule has 0 aliphatic carbocycles. The third kappa shape index (κ3) is 4.91. The number of rotatable bonds is 5. The van der Waals surface area contributed by atoms with Crippen molar-refractivity contribution in [3.63, 3.8) is 0 Å². The third-order valence-corrected chi connectivity index (χ3v) is 8.22. The van der Waals surface area contributed by atoms with Crippen molar-refractivity contribution in [1.82, 2.24) is 0 Å². The van der Waals surface area contributed by atoms with Crippen molar-refractivity contribution in [3.8, 4) is 55.8 Å². The van der Waals surface area contributed by atoms with Crippen LogP contribution in [0.15, 0.2) is 158 Å². The summed E-state index contributed by atoms with van der Waals surface area (Å²) in [7, 11) is 2.14. The van der Waals surface area contributed by atoms with Gasteiger partial charge in [0.2, 0.25) is 5.69 Å². The molecule has 7 rings (SSSR count). The van der Waals surface area contributed by atoms with Crippen molar-refractivity contribution in [2.24, 2.45) is 7.05 Å². The fourth-order valence-corrected chi connectivity index (χ4v) is 5.97. The Balaban J connectivity index is 1.35. The van der Waals surface area contributed by atoms with Crippen LogP contribution in [0.3, 0.4) is 0 Å². The van der Waals surface area contributed by atoms with Crippen LogP contribution in [-0.4, -0.2) is 0 Å². The molecule has 0 amide bonds. The van der Waals surface area contributed by atoms with Gasteiger partial charge in [-0.1, -0.05) is 109 Å². The van der Waals surface area contributed by atoms with Gasteiger partial charge in [0.1, 0.15) is 7.05 Å². The van der Waals surface area contributed by atoms with E-state index in [0.717, 1.165) is 0 Å². The molecule has 1 aromatic heterocycles. The molecule has 200 valence electrons. The lowest BCUT2D eigenvalue weighted by Crippen LogP contribution is -2.30. The average molecular weight is 539 g/mol. The lowest BCUT2D eigenvalue weighted by atomic mass is 9.91. The van der Waals surface area contributed by atoms with E-state index in [2.05, 4.69) is 176 Å². The van der Waals surface area contributed by atoms with E-state index in [1.165, 1.54) is 72.1 Å². The Labute approximate surface area is 248 Å². The van der Waals surface area contributed by atoms with Gasteiger partial charge in [-0.2, -0.15) is 0 Å². The molecule has 0 saturated heterocycles. The molecule has 6 aromatic carbocycles. The Kier molecular flexibility index (Phi) is 6.70. The summed E-state index contributed by atoms with van der Waals surface area (Å²) in [5.74, 6) is 0. The lowest BCUT2D eigenvalue weighted by molar-refractivity contribution is -0.659. The molecule has 1 heterocycles. The molecular weight excluding hydrogens is 506 g/mol. The first-order valence-electron chi connectivity index (χ1n) is 14.5. The fourth-order valence-electron chi connectivity index (χ4n) is 5.97. The van der Waals surface area contributed by atoms with Crippen molar-refractivity contribution < 1.29 is 4.57 Å². The number of benzene rings is 6. The molecule has 42 heavy (non-hydrogen) atoms. The molecule has 0 unspecified atom stereocenters. The quantitative estimate of drug-likeness (QED) is 0.192. The summed E-state index contributed by atoms with van der Waals surface area (Å²) in [5.41, 5.74) is 13.5. The highest BCUT2D eigenvalue weighted by atomic mass is 14.9. The van der Waals surface area contributed by atoms with Gasteiger partial charge in [-0.3, -0.25) is 0 Å². The fraction of sp³-hybridized carbons (Fsp3) is 0.0488. The van der Waals surface area contributed by atoms with E-state index in [4.69, 9.17) is 0 Å². The number of aryl methyl sites for hydroxylation is 2. The standard InChI is InChI=1S/C41H32N/c1-29-20-21-35(28-40(29)41-39-19-10-9-16-32(39)22-23-42(41)2)33-17-11-18-34(24-33)38-26-36(30-12-5-3-6-13-30)25-37(27-38)31-14-7-4-8-15-31/h3-28H,1-2H3/q+1. The van der Waals surface area contributed by atoms with E-state index in [-0.39, 0.29) is 0 Å². The molecule has 0 saturated carbocycles. The summed E-state index contributed by atoms with van der Waals surface area (Å²) < 4.78 is 2.24. The Morgan fingerprint density at radius 3 is 1.57 bits per heavy atom. The van der Waals surface area contributed by atoms with E-state index in [1.54, 1.807) is 0 Å². The highest BCUT2D eigenvalue weighted by Crippen LogP contribution is 2.36. The Morgan fingerprint density at radius 1 is 0.405 bits per heavy atom. The molecule has 7 aromatic rings. The molecule has 0 radical (unpaired) electrons. The van der Waals surface area contributed by atoms with E-state index in [0.29, 0.717) is 0 Å². The minimum atomic E-state index is 1.21. The second kappa shape index (κ2) is 11.0. The molecule has 1 nitrogen and oxygen atoms in total. The predicted octanol–water partition coefficient (Wildman–Crippen LogP) is 10.3. The van der Waals surface area contributed by atoms with Crippen LogP contribution in [0, 0.1) is 6.92 Å². The zero-order chi connectivity index (χ0) is 28.5. The van der Waals surface area contributed by atoms with Crippen LogP contribution in [0.1, 0.15) is 5.56 Å². The summed E-state index contributed by atoms with van der Waals surface area (Å²) in [6.45, 7) is 2.21. The highest BCUT2D eigenvalue weighted by molar-refractivity contribution is 5.94. The predicted molar refractivity (Wildman–Crippen MR) is 177 cm³/mol. The maximum absolute atomic E-state index is 2.35. The van der Waals surface area contributed by atoms with Gasteiger partial charge in [0.15, 0.2) is 6.20 Å². The molecule has 1 heteroatoms. The number of hydrogen-bond acceptors (Lipinski definition) is 0. The van der Waals surface area contributed by atoms with Crippen LogP contribution in [-0.2, 0) is 7.05 Å². The molecule has 0 fully saturated rings. The zero-order valence-corrected chi connectivity index (χ0v) is 24.0. The van der Waals surface area contributed by atoms with Crippen LogP contribution in [0.2, 0.25) is 0 Å². The van der Waals surface area contributed by atoms with Crippen molar-refractivity contribution in [3.05, 3.63) is 163 Å². The number of nitrogens with zero attached hydrogens (tertiary/aromatic N) is 1. The molecule has 0 atom stereocenters. The van der Waals surface area contributed by atoms with Crippen molar-refractivity contribution in [2.45, 2.75) is 6.92 Å². The number of pyridine rings is 1. The first-order chi connectivity index (χ1) is 20.6. The van der Waals surface area contributed by atoms with Crippen LogP contribution in [0.25, 0.3) is 66.5 Å². The van der Waals surface area contributed by atoms with Crippen LogP contribution < -0.4 is 4.57 Å². The van der Waals surface area contributed by atoms with Gasteiger partial charge in [0, 0.05) is 6.07 Å². The Hall–Kier alpha value is -5.27. The summed E-state index contributed by atoms with van der Waals surface area (Å²) in [6.07, 6.45) is 2.16. The summed E-state index contributed by atoms with van der Waals surface area (Å²) in [4.78, 5) is 0. The molecule has 0 aliphatic heterocycles. The van der Waals surface area contributed by atoms with Crippen LogP contribution in [0.4, 0.5) is 0 Å². The largest absolute Gasteiger partial charge is 0.220 e. The molecule has 0 aliphatic rings. The zero-order valence-electron chi connectivity index (χ0n) is 24.0. The van der Waals surface area contributed by atoms with Crippen molar-refractivity contribution in [1.29, 1.82) is 0 Å². The molecule has 0 bridgehead atoms. The second-order valence-corrected chi connectivity index (χ2v) is 11.0. The average Bonchev–Trinajstić information content (AvgIpc) is 3.06. The first kappa shape index (κ1) is 25.7. The van der Waals surface area contributed by atoms with E-state index >= 15 is 0 Å². The highest BCUT2D eigenvalue weighted by Gasteiger charge is 2.18. The second-order valence-electron chi connectivity index (χ2n) is 11.0. The van der Waals surface area contributed by atoms with Crippen molar-refractivity contribution >= 4 is 10.8 Å². The smallest absolute Gasteiger partial charge is 0.200 e. The van der Waals surface area contributed by atoms with Gasteiger partial charge in [-0.15, -0.1) is 0 Å². The van der Waals surface area contributed by atoms with Crippen LogP contribution >= 0.6 is 0 Å². The third-order valence-electron chi connectivity index (χ3n) is 8.22. The van der Waals surface area contributed by atoms with Gasteiger partial charge in [-0.25, -0.2) is 4.57 Å². The first-order valence-corrected chi connectivity index (χ1v) is 14.5. The summed E-state index contributed by atoms with van der Waals surface area (Å²) in [6, 6.07) is 54.9. The van der Waals surface area contributed by atoms with E-state index in [1.807, 2.05) is 0 Å². The Morgan fingerprint density at radius 2 is 0.905 bits per heavy atom. The topological polar surface area (TPSA) is 3.88 Å².